The van der Waals surface area contributed by atoms with E-state index in [1.807, 2.05) is 6.07 Å². The number of likely N-dealkylation sites (N-methyl/N-ethyl adjacent to an activating group) is 1. The Bertz CT molecular complexity index is 1220. The van der Waals surface area contributed by atoms with Crippen LogP contribution in [0.5, 0.6) is 11.5 Å². The van der Waals surface area contributed by atoms with Crippen LogP contribution >= 0.6 is 0 Å². The molecule has 2 aromatic carbocycles. The third kappa shape index (κ3) is 5.83. The summed E-state index contributed by atoms with van der Waals surface area (Å²) in [6.07, 6.45) is 1.37. The summed E-state index contributed by atoms with van der Waals surface area (Å²) in [5, 5.41) is 2.68. The molecule has 0 spiro atoms. The topological polar surface area (TPSA) is 109 Å². The van der Waals surface area contributed by atoms with Crippen molar-refractivity contribution < 1.29 is 27.2 Å². The SMILES string of the molecule is CCN(CC)S(=O)(=O)c1ccc(Oc2ccccc2)c(NC(=O)CN(C)C(=O)c2ccco2)c1. The molecule has 10 heteroatoms. The van der Waals surface area contributed by atoms with Crippen LogP contribution in [-0.2, 0) is 14.8 Å². The predicted molar refractivity (Wildman–Crippen MR) is 127 cm³/mol. The molecule has 0 unspecified atom stereocenters. The van der Waals surface area contributed by atoms with Crippen LogP contribution in [0.15, 0.2) is 76.2 Å². The second-order valence-electron chi connectivity index (χ2n) is 7.35. The second kappa shape index (κ2) is 11.0. The zero-order chi connectivity index (χ0) is 24.7. The number of amides is 2. The lowest BCUT2D eigenvalue weighted by molar-refractivity contribution is -0.116. The fraction of sp³-hybridized carbons (Fsp3) is 0.250. The van der Waals surface area contributed by atoms with E-state index in [0.717, 1.165) is 0 Å². The normalized spacial score (nSPS) is 11.3. The number of carbonyl (C=O) groups excluding carboxylic acids is 2. The van der Waals surface area contributed by atoms with Gasteiger partial charge in [0.1, 0.15) is 5.75 Å². The fourth-order valence-electron chi connectivity index (χ4n) is 3.25. The highest BCUT2D eigenvalue weighted by Crippen LogP contribution is 2.32. The van der Waals surface area contributed by atoms with Gasteiger partial charge in [0.15, 0.2) is 11.5 Å². The summed E-state index contributed by atoms with van der Waals surface area (Å²) >= 11 is 0. The molecule has 0 fully saturated rings. The number of ether oxygens (including phenoxy) is 1. The highest BCUT2D eigenvalue weighted by molar-refractivity contribution is 7.89. The van der Waals surface area contributed by atoms with Crippen molar-refractivity contribution in [3.8, 4) is 11.5 Å². The van der Waals surface area contributed by atoms with Crippen molar-refractivity contribution in [3.63, 3.8) is 0 Å². The minimum atomic E-state index is -3.77. The van der Waals surface area contributed by atoms with Crippen molar-refractivity contribution in [1.29, 1.82) is 0 Å². The van der Waals surface area contributed by atoms with Crippen LogP contribution in [0.2, 0.25) is 0 Å². The summed E-state index contributed by atoms with van der Waals surface area (Å²) in [6.45, 7) is 3.84. The number of anilines is 1. The lowest BCUT2D eigenvalue weighted by Crippen LogP contribution is -2.35. The predicted octanol–water partition coefficient (Wildman–Crippen LogP) is 3.81. The Morgan fingerprint density at radius 1 is 1.00 bits per heavy atom. The van der Waals surface area contributed by atoms with Crippen LogP contribution in [0.1, 0.15) is 24.4 Å². The largest absolute Gasteiger partial charge is 0.459 e. The van der Waals surface area contributed by atoms with E-state index in [1.165, 1.54) is 46.8 Å². The zero-order valence-electron chi connectivity index (χ0n) is 19.2. The van der Waals surface area contributed by atoms with E-state index >= 15 is 0 Å². The highest BCUT2D eigenvalue weighted by atomic mass is 32.2. The minimum Gasteiger partial charge on any atom is -0.459 e. The number of hydrogen-bond donors (Lipinski definition) is 1. The highest BCUT2D eigenvalue weighted by Gasteiger charge is 2.24. The first-order chi connectivity index (χ1) is 16.3. The number of rotatable bonds is 10. The van der Waals surface area contributed by atoms with E-state index in [9.17, 15) is 18.0 Å². The maximum atomic E-state index is 13.0. The Labute approximate surface area is 199 Å². The monoisotopic (exact) mass is 485 g/mol. The van der Waals surface area contributed by atoms with Gasteiger partial charge >= 0.3 is 0 Å². The van der Waals surface area contributed by atoms with Gasteiger partial charge in [0.05, 0.1) is 23.4 Å². The molecule has 1 heterocycles. The number of nitrogens with one attached hydrogen (secondary N) is 1. The number of benzene rings is 2. The molecular formula is C24H27N3O6S. The molecule has 180 valence electrons. The van der Waals surface area contributed by atoms with Crippen molar-refractivity contribution in [2.24, 2.45) is 0 Å². The van der Waals surface area contributed by atoms with Crippen LogP contribution in [0, 0.1) is 0 Å². The van der Waals surface area contributed by atoms with Crippen molar-refractivity contribution in [1.82, 2.24) is 9.21 Å². The summed E-state index contributed by atoms with van der Waals surface area (Å²) in [4.78, 5) is 26.3. The number of sulfonamides is 1. The van der Waals surface area contributed by atoms with Gasteiger partial charge in [0.25, 0.3) is 5.91 Å². The Balaban J connectivity index is 1.88. The van der Waals surface area contributed by atoms with Gasteiger partial charge in [-0.1, -0.05) is 32.0 Å². The third-order valence-electron chi connectivity index (χ3n) is 5.00. The molecule has 0 aliphatic heterocycles. The van der Waals surface area contributed by atoms with Crippen molar-refractivity contribution in [3.05, 3.63) is 72.7 Å². The lowest BCUT2D eigenvalue weighted by atomic mass is 10.2. The van der Waals surface area contributed by atoms with Gasteiger partial charge in [0.2, 0.25) is 15.9 Å². The van der Waals surface area contributed by atoms with Gasteiger partial charge in [-0.15, -0.1) is 0 Å². The Kier molecular flexibility index (Phi) is 8.08. The summed E-state index contributed by atoms with van der Waals surface area (Å²) in [5.41, 5.74) is 0.168. The lowest BCUT2D eigenvalue weighted by Gasteiger charge is -2.20. The maximum absolute atomic E-state index is 13.0. The number of hydrogen-bond acceptors (Lipinski definition) is 6. The molecule has 0 bridgehead atoms. The summed E-state index contributed by atoms with van der Waals surface area (Å²) in [7, 11) is -2.30. The van der Waals surface area contributed by atoms with Gasteiger partial charge in [-0.2, -0.15) is 4.31 Å². The molecule has 0 saturated heterocycles. The molecule has 0 saturated carbocycles. The number of furan rings is 1. The van der Waals surface area contributed by atoms with Crippen LogP contribution < -0.4 is 10.1 Å². The molecule has 0 aliphatic rings. The van der Waals surface area contributed by atoms with E-state index in [-0.39, 0.29) is 28.6 Å². The summed E-state index contributed by atoms with van der Waals surface area (Å²) in [5.74, 6) is -0.104. The first kappa shape index (κ1) is 25.0. The molecular weight excluding hydrogens is 458 g/mol. The fourth-order valence-corrected chi connectivity index (χ4v) is 4.73. The Morgan fingerprint density at radius 2 is 1.71 bits per heavy atom. The molecule has 0 aliphatic carbocycles. The standard InChI is InChI=1S/C24H27N3O6S/c1-4-27(5-2)34(30,31)19-13-14-21(33-18-10-7-6-8-11-18)20(16-19)25-23(28)17-26(3)24(29)22-12-9-15-32-22/h6-16H,4-5,17H2,1-3H3,(H,25,28). The van der Waals surface area contributed by atoms with Crippen LogP contribution in [0.3, 0.4) is 0 Å². The number of para-hydroxylation sites is 1. The molecule has 0 atom stereocenters. The first-order valence-electron chi connectivity index (χ1n) is 10.7. The number of carbonyl (C=O) groups is 2. The quantitative estimate of drug-likeness (QED) is 0.468. The van der Waals surface area contributed by atoms with Crippen molar-refractivity contribution >= 4 is 27.5 Å². The van der Waals surface area contributed by atoms with Gasteiger partial charge in [-0.05, 0) is 42.5 Å². The third-order valence-corrected chi connectivity index (χ3v) is 7.04. The van der Waals surface area contributed by atoms with E-state index < -0.39 is 21.8 Å². The molecule has 9 nitrogen and oxygen atoms in total. The van der Waals surface area contributed by atoms with E-state index in [2.05, 4.69) is 5.32 Å². The summed E-state index contributed by atoms with van der Waals surface area (Å²) < 4.78 is 38.3. The molecule has 34 heavy (non-hydrogen) atoms. The van der Waals surface area contributed by atoms with E-state index in [0.29, 0.717) is 18.8 Å². The Morgan fingerprint density at radius 3 is 2.32 bits per heavy atom. The second-order valence-corrected chi connectivity index (χ2v) is 9.29. The first-order valence-corrected chi connectivity index (χ1v) is 12.2. The molecule has 1 aromatic heterocycles. The van der Waals surface area contributed by atoms with E-state index in [4.69, 9.17) is 9.15 Å². The van der Waals surface area contributed by atoms with Gasteiger partial charge in [-0.3, -0.25) is 9.59 Å². The van der Waals surface area contributed by atoms with Crippen LogP contribution in [0.4, 0.5) is 5.69 Å². The van der Waals surface area contributed by atoms with E-state index in [1.54, 1.807) is 44.2 Å². The van der Waals surface area contributed by atoms with Gasteiger partial charge in [0, 0.05) is 20.1 Å². The Hall–Kier alpha value is -3.63. The summed E-state index contributed by atoms with van der Waals surface area (Å²) in [6, 6.07) is 16.3. The smallest absolute Gasteiger partial charge is 0.289 e. The molecule has 2 amide bonds. The zero-order valence-corrected chi connectivity index (χ0v) is 20.0. The molecule has 3 rings (SSSR count). The molecule has 1 N–H and O–H groups in total. The molecule has 0 radical (unpaired) electrons. The number of nitrogens with zero attached hydrogens (tertiary/aromatic N) is 2. The minimum absolute atomic E-state index is 0.0203. The van der Waals surface area contributed by atoms with Gasteiger partial charge in [-0.25, -0.2) is 8.42 Å². The molecule has 3 aromatic rings. The van der Waals surface area contributed by atoms with Crippen molar-refractivity contribution in [2.75, 3.05) is 32.0 Å². The van der Waals surface area contributed by atoms with Crippen LogP contribution in [-0.4, -0.2) is 56.1 Å². The van der Waals surface area contributed by atoms with Crippen molar-refractivity contribution in [2.45, 2.75) is 18.7 Å². The average Bonchev–Trinajstić information content (AvgIpc) is 3.36. The van der Waals surface area contributed by atoms with Crippen LogP contribution in [0.25, 0.3) is 0 Å². The average molecular weight is 486 g/mol. The maximum Gasteiger partial charge on any atom is 0.289 e. The van der Waals surface area contributed by atoms with Gasteiger partial charge < -0.3 is 19.4 Å².